The van der Waals surface area contributed by atoms with Gasteiger partial charge in [-0.05, 0) is 60.9 Å². The van der Waals surface area contributed by atoms with Crippen LogP contribution < -0.4 is 15.6 Å². The minimum atomic E-state index is -0.512. The summed E-state index contributed by atoms with van der Waals surface area (Å²) in [7, 11) is 1.39. The van der Waals surface area contributed by atoms with Crippen LogP contribution in [0.25, 0.3) is 0 Å². The number of ether oxygens (including phenoxy) is 1. The quantitative estimate of drug-likeness (QED) is 0.621. The van der Waals surface area contributed by atoms with E-state index in [4.69, 9.17) is 27.9 Å². The van der Waals surface area contributed by atoms with Gasteiger partial charge in [-0.15, -0.1) is 0 Å². The number of benzene rings is 2. The van der Waals surface area contributed by atoms with Crippen molar-refractivity contribution in [1.82, 2.24) is 9.55 Å². The predicted octanol–water partition coefficient (Wildman–Crippen LogP) is 5.11. The number of halogens is 3. The number of hydrogen-bond acceptors (Lipinski definition) is 4. The molecule has 0 aliphatic rings. The second-order valence-corrected chi connectivity index (χ2v) is 7.23. The van der Waals surface area contributed by atoms with Crippen molar-refractivity contribution in [3.8, 4) is 5.75 Å². The Morgan fingerprint density at radius 3 is 2.57 bits per heavy atom. The molecule has 0 bridgehead atoms. The first kappa shape index (κ1) is 20.2. The van der Waals surface area contributed by atoms with Crippen LogP contribution in [0, 0.1) is 19.7 Å². The Morgan fingerprint density at radius 2 is 1.89 bits per heavy atom. The van der Waals surface area contributed by atoms with Gasteiger partial charge in [0, 0.05) is 15.7 Å². The number of nitrogens with one attached hydrogen (secondary N) is 1. The number of methoxy groups -OCH3 is 1. The molecular weight excluding hydrogens is 404 g/mol. The molecule has 0 saturated carbocycles. The normalized spacial score (nSPS) is 10.8. The Labute approximate surface area is 171 Å². The summed E-state index contributed by atoms with van der Waals surface area (Å²) >= 11 is 12.1. The second kappa shape index (κ2) is 8.20. The molecule has 3 aromatic rings. The standard InChI is InChI=1S/C20H18Cl2FN3O2/c1-11-5-17(12(2)4-16(11)22)24-20-25-19(27)18(28-3)10-26(20)9-13-6-14(21)8-15(23)7-13/h4-8,10H,9H2,1-3H3,(H,24,25,27). The van der Waals surface area contributed by atoms with Crippen molar-refractivity contribution in [2.24, 2.45) is 0 Å². The molecule has 0 atom stereocenters. The van der Waals surface area contributed by atoms with Gasteiger partial charge < -0.3 is 14.6 Å². The Bertz CT molecular complexity index is 1080. The molecule has 1 aromatic heterocycles. The maximum atomic E-state index is 13.7. The summed E-state index contributed by atoms with van der Waals surface area (Å²) in [6.45, 7) is 4.01. The topological polar surface area (TPSA) is 56.1 Å². The van der Waals surface area contributed by atoms with Gasteiger partial charge in [0.25, 0.3) is 0 Å². The second-order valence-electron chi connectivity index (χ2n) is 6.38. The third-order valence-corrected chi connectivity index (χ3v) is 4.84. The van der Waals surface area contributed by atoms with Crippen LogP contribution in [-0.2, 0) is 6.54 Å². The van der Waals surface area contributed by atoms with E-state index in [2.05, 4.69) is 10.3 Å². The number of rotatable bonds is 5. The smallest absolute Gasteiger partial charge is 0.316 e. The van der Waals surface area contributed by atoms with Gasteiger partial charge in [-0.1, -0.05) is 23.2 Å². The summed E-state index contributed by atoms with van der Waals surface area (Å²) in [6.07, 6.45) is 1.52. The highest BCUT2D eigenvalue weighted by atomic mass is 35.5. The van der Waals surface area contributed by atoms with E-state index in [9.17, 15) is 9.18 Å². The summed E-state index contributed by atoms with van der Waals surface area (Å²) in [5.41, 5.74) is 2.63. The molecule has 0 fully saturated rings. The molecule has 0 unspecified atom stereocenters. The maximum absolute atomic E-state index is 13.7. The van der Waals surface area contributed by atoms with Gasteiger partial charge in [-0.3, -0.25) is 4.79 Å². The first-order valence-corrected chi connectivity index (χ1v) is 9.16. The van der Waals surface area contributed by atoms with E-state index in [0.717, 1.165) is 16.8 Å². The molecule has 0 spiro atoms. The summed E-state index contributed by atoms with van der Waals surface area (Å²) < 4.78 is 20.5. The Hall–Kier alpha value is -2.57. The van der Waals surface area contributed by atoms with E-state index in [1.165, 1.54) is 25.4 Å². The van der Waals surface area contributed by atoms with Crippen LogP contribution >= 0.6 is 23.2 Å². The largest absolute Gasteiger partial charge is 0.490 e. The lowest BCUT2D eigenvalue weighted by molar-refractivity contribution is 0.402. The number of anilines is 2. The van der Waals surface area contributed by atoms with Gasteiger partial charge in [0.1, 0.15) is 5.82 Å². The molecule has 2 aromatic carbocycles. The molecule has 146 valence electrons. The SMILES string of the molecule is COc1cn(Cc2cc(F)cc(Cl)c2)c(Nc2cc(C)c(Cl)cc2C)nc1=O. The molecule has 8 heteroatoms. The van der Waals surface area contributed by atoms with E-state index < -0.39 is 11.4 Å². The zero-order valence-electron chi connectivity index (χ0n) is 15.5. The van der Waals surface area contributed by atoms with Gasteiger partial charge in [0.15, 0.2) is 0 Å². The molecular formula is C20H18Cl2FN3O2. The minimum Gasteiger partial charge on any atom is -0.490 e. The van der Waals surface area contributed by atoms with Crippen LogP contribution in [0.2, 0.25) is 10.0 Å². The van der Waals surface area contributed by atoms with Crippen molar-refractivity contribution in [3.05, 3.63) is 79.4 Å². The highest BCUT2D eigenvalue weighted by molar-refractivity contribution is 6.31. The monoisotopic (exact) mass is 421 g/mol. The van der Waals surface area contributed by atoms with Crippen LogP contribution in [0.5, 0.6) is 5.75 Å². The van der Waals surface area contributed by atoms with Gasteiger partial charge in [0.05, 0.1) is 19.9 Å². The first-order chi connectivity index (χ1) is 13.3. The summed E-state index contributed by atoms with van der Waals surface area (Å²) in [4.78, 5) is 16.3. The minimum absolute atomic E-state index is 0.0806. The van der Waals surface area contributed by atoms with Crippen LogP contribution in [0.3, 0.4) is 0 Å². The van der Waals surface area contributed by atoms with Crippen molar-refractivity contribution >= 4 is 34.8 Å². The fourth-order valence-corrected chi connectivity index (χ4v) is 3.23. The molecule has 1 heterocycles. The Kier molecular flexibility index (Phi) is 5.91. The van der Waals surface area contributed by atoms with Crippen molar-refractivity contribution in [2.45, 2.75) is 20.4 Å². The number of aromatic nitrogens is 2. The third kappa shape index (κ3) is 4.46. The highest BCUT2D eigenvalue weighted by Gasteiger charge is 2.12. The van der Waals surface area contributed by atoms with E-state index >= 15 is 0 Å². The van der Waals surface area contributed by atoms with Gasteiger partial charge in [0.2, 0.25) is 11.7 Å². The van der Waals surface area contributed by atoms with E-state index in [1.807, 2.05) is 26.0 Å². The van der Waals surface area contributed by atoms with Crippen LogP contribution in [0.15, 0.2) is 41.3 Å². The van der Waals surface area contributed by atoms with Crippen LogP contribution in [-0.4, -0.2) is 16.7 Å². The molecule has 0 radical (unpaired) electrons. The van der Waals surface area contributed by atoms with Crippen molar-refractivity contribution in [2.75, 3.05) is 12.4 Å². The molecule has 1 N–H and O–H groups in total. The lowest BCUT2D eigenvalue weighted by Crippen LogP contribution is -2.19. The van der Waals surface area contributed by atoms with Crippen molar-refractivity contribution < 1.29 is 9.13 Å². The molecule has 28 heavy (non-hydrogen) atoms. The first-order valence-electron chi connectivity index (χ1n) is 8.41. The number of aryl methyl sites for hydroxylation is 2. The fourth-order valence-electron chi connectivity index (χ4n) is 2.77. The van der Waals surface area contributed by atoms with Crippen molar-refractivity contribution in [1.29, 1.82) is 0 Å². The average molecular weight is 422 g/mol. The Balaban J connectivity index is 2.06. The number of hydrogen-bond donors (Lipinski definition) is 1. The maximum Gasteiger partial charge on any atom is 0.316 e. The predicted molar refractivity (Wildman–Crippen MR) is 110 cm³/mol. The van der Waals surface area contributed by atoms with E-state index in [-0.39, 0.29) is 23.3 Å². The summed E-state index contributed by atoms with van der Waals surface area (Å²) in [5, 5.41) is 4.10. The molecule has 3 rings (SSSR count). The van der Waals surface area contributed by atoms with E-state index in [1.54, 1.807) is 10.6 Å². The molecule has 0 aliphatic heterocycles. The average Bonchev–Trinajstić information content (AvgIpc) is 2.61. The molecule has 5 nitrogen and oxygen atoms in total. The Morgan fingerprint density at radius 1 is 1.14 bits per heavy atom. The number of nitrogens with zero attached hydrogens (tertiary/aromatic N) is 2. The lowest BCUT2D eigenvalue weighted by Gasteiger charge is -2.17. The zero-order valence-corrected chi connectivity index (χ0v) is 17.0. The molecule has 0 saturated heterocycles. The van der Waals surface area contributed by atoms with Crippen LogP contribution in [0.4, 0.5) is 16.0 Å². The van der Waals surface area contributed by atoms with Crippen LogP contribution in [0.1, 0.15) is 16.7 Å². The lowest BCUT2D eigenvalue weighted by atomic mass is 10.1. The van der Waals surface area contributed by atoms with Gasteiger partial charge in [-0.2, -0.15) is 4.98 Å². The van der Waals surface area contributed by atoms with E-state index in [0.29, 0.717) is 10.6 Å². The van der Waals surface area contributed by atoms with Gasteiger partial charge in [-0.25, -0.2) is 4.39 Å². The highest BCUT2D eigenvalue weighted by Crippen LogP contribution is 2.27. The third-order valence-electron chi connectivity index (χ3n) is 4.21. The van der Waals surface area contributed by atoms with Crippen molar-refractivity contribution in [3.63, 3.8) is 0 Å². The summed E-state index contributed by atoms with van der Waals surface area (Å²) in [5.74, 6) is -0.0739. The zero-order chi connectivity index (χ0) is 20.4. The summed E-state index contributed by atoms with van der Waals surface area (Å²) in [6, 6.07) is 7.96. The molecule has 0 aliphatic carbocycles. The van der Waals surface area contributed by atoms with Gasteiger partial charge >= 0.3 is 5.56 Å². The molecule has 0 amide bonds. The fraction of sp³-hybridized carbons (Fsp3) is 0.200.